The van der Waals surface area contributed by atoms with E-state index in [0.29, 0.717) is 11.5 Å². The molecular formula is C15H21NO. The second kappa shape index (κ2) is 4.02. The summed E-state index contributed by atoms with van der Waals surface area (Å²) < 4.78 is 5.22. The molecule has 0 aliphatic heterocycles. The molecule has 2 nitrogen and oxygen atoms in total. The van der Waals surface area contributed by atoms with Gasteiger partial charge in [-0.05, 0) is 42.9 Å². The predicted octanol–water partition coefficient (Wildman–Crippen LogP) is 2.85. The summed E-state index contributed by atoms with van der Waals surface area (Å²) in [4.78, 5) is 0. The minimum absolute atomic E-state index is 0.294. The Kier molecular flexibility index (Phi) is 2.62. The van der Waals surface area contributed by atoms with Crippen LogP contribution >= 0.6 is 0 Å². The summed E-state index contributed by atoms with van der Waals surface area (Å²) >= 11 is 0. The van der Waals surface area contributed by atoms with Crippen molar-refractivity contribution in [1.82, 2.24) is 0 Å². The van der Waals surface area contributed by atoms with E-state index in [2.05, 4.69) is 24.3 Å². The van der Waals surface area contributed by atoms with E-state index in [0.717, 1.165) is 11.7 Å². The lowest BCUT2D eigenvalue weighted by molar-refractivity contribution is 0.400. The molecule has 2 atom stereocenters. The molecule has 0 heterocycles. The fourth-order valence-electron chi connectivity index (χ4n) is 3.68. The van der Waals surface area contributed by atoms with Crippen LogP contribution in [0, 0.1) is 5.92 Å². The Balaban J connectivity index is 1.89. The van der Waals surface area contributed by atoms with Crippen molar-refractivity contribution < 1.29 is 4.74 Å². The smallest absolute Gasteiger partial charge is 0.118 e. The molecule has 0 amide bonds. The summed E-state index contributed by atoms with van der Waals surface area (Å²) in [6, 6.07) is 8.93. The monoisotopic (exact) mass is 231 g/mol. The third kappa shape index (κ3) is 1.66. The van der Waals surface area contributed by atoms with E-state index in [1.54, 1.807) is 7.11 Å². The van der Waals surface area contributed by atoms with Crippen LogP contribution in [0.15, 0.2) is 24.3 Å². The first-order chi connectivity index (χ1) is 8.27. The Bertz CT molecular complexity index is 394. The number of rotatable bonds is 3. The average Bonchev–Trinajstić information content (AvgIpc) is 2.82. The van der Waals surface area contributed by atoms with Crippen LogP contribution in [0.4, 0.5) is 0 Å². The van der Waals surface area contributed by atoms with Gasteiger partial charge in [0.15, 0.2) is 0 Å². The zero-order valence-electron chi connectivity index (χ0n) is 10.5. The van der Waals surface area contributed by atoms with Crippen molar-refractivity contribution in [2.75, 3.05) is 7.11 Å². The summed E-state index contributed by atoms with van der Waals surface area (Å²) in [6.07, 6.45) is 6.66. The molecule has 92 valence electrons. The van der Waals surface area contributed by atoms with Crippen molar-refractivity contribution in [3.63, 3.8) is 0 Å². The number of benzene rings is 1. The standard InChI is InChI=1S/C15H21NO/c1-17-13-8-6-12(7-9-13)15(10-14(15)16)11-4-2-3-5-11/h6-9,11,14H,2-5,10,16H2,1H3/t14-,15?/m1/s1. The normalized spacial score (nSPS) is 32.7. The molecular weight excluding hydrogens is 210 g/mol. The molecule has 1 unspecified atom stereocenters. The quantitative estimate of drug-likeness (QED) is 0.868. The second-order valence-corrected chi connectivity index (χ2v) is 5.56. The zero-order valence-corrected chi connectivity index (χ0v) is 10.5. The average molecular weight is 231 g/mol. The van der Waals surface area contributed by atoms with Crippen molar-refractivity contribution in [2.24, 2.45) is 11.7 Å². The number of hydrogen-bond acceptors (Lipinski definition) is 2. The van der Waals surface area contributed by atoms with E-state index >= 15 is 0 Å². The molecule has 2 fully saturated rings. The maximum Gasteiger partial charge on any atom is 0.118 e. The summed E-state index contributed by atoms with van der Waals surface area (Å²) in [5.74, 6) is 1.75. The van der Waals surface area contributed by atoms with Crippen LogP contribution in [0.5, 0.6) is 5.75 Å². The van der Waals surface area contributed by atoms with Gasteiger partial charge in [0.2, 0.25) is 0 Å². The highest BCUT2D eigenvalue weighted by molar-refractivity contribution is 5.40. The fraction of sp³-hybridized carbons (Fsp3) is 0.600. The van der Waals surface area contributed by atoms with Crippen LogP contribution < -0.4 is 10.5 Å². The van der Waals surface area contributed by atoms with E-state index in [9.17, 15) is 0 Å². The summed E-state index contributed by atoms with van der Waals surface area (Å²) in [7, 11) is 1.71. The maximum absolute atomic E-state index is 6.25. The van der Waals surface area contributed by atoms with Gasteiger partial charge in [0, 0.05) is 11.5 Å². The van der Waals surface area contributed by atoms with Crippen LogP contribution in [-0.2, 0) is 5.41 Å². The Morgan fingerprint density at radius 3 is 2.24 bits per heavy atom. The highest BCUT2D eigenvalue weighted by atomic mass is 16.5. The van der Waals surface area contributed by atoms with Crippen LogP contribution in [0.25, 0.3) is 0 Å². The molecule has 0 aromatic heterocycles. The lowest BCUT2D eigenvalue weighted by Crippen LogP contribution is -2.26. The van der Waals surface area contributed by atoms with Gasteiger partial charge in [-0.2, -0.15) is 0 Å². The van der Waals surface area contributed by atoms with E-state index < -0.39 is 0 Å². The minimum Gasteiger partial charge on any atom is -0.497 e. The molecule has 3 rings (SSSR count). The Hall–Kier alpha value is -1.02. The topological polar surface area (TPSA) is 35.2 Å². The summed E-state index contributed by atoms with van der Waals surface area (Å²) in [5, 5.41) is 0. The summed E-state index contributed by atoms with van der Waals surface area (Å²) in [5.41, 5.74) is 7.98. The first-order valence-corrected chi connectivity index (χ1v) is 6.67. The molecule has 2 saturated carbocycles. The van der Waals surface area contributed by atoms with Gasteiger partial charge in [0.25, 0.3) is 0 Å². The minimum atomic E-state index is 0.294. The van der Waals surface area contributed by atoms with E-state index in [1.807, 2.05) is 0 Å². The predicted molar refractivity (Wildman–Crippen MR) is 69.2 cm³/mol. The molecule has 0 spiro atoms. The number of hydrogen-bond donors (Lipinski definition) is 1. The SMILES string of the molecule is COc1ccc(C2(C3CCCC3)C[C@H]2N)cc1. The first kappa shape index (κ1) is 11.1. The van der Waals surface area contributed by atoms with Gasteiger partial charge >= 0.3 is 0 Å². The molecule has 0 saturated heterocycles. The molecule has 1 aromatic carbocycles. The van der Waals surface area contributed by atoms with Crippen LogP contribution in [0.2, 0.25) is 0 Å². The first-order valence-electron chi connectivity index (χ1n) is 6.67. The van der Waals surface area contributed by atoms with Gasteiger partial charge in [-0.15, -0.1) is 0 Å². The van der Waals surface area contributed by atoms with Gasteiger partial charge in [-0.1, -0.05) is 25.0 Å². The third-order valence-electron chi connectivity index (χ3n) is 4.77. The molecule has 0 radical (unpaired) electrons. The van der Waals surface area contributed by atoms with E-state index in [-0.39, 0.29) is 0 Å². The highest BCUT2D eigenvalue weighted by Gasteiger charge is 2.58. The van der Waals surface area contributed by atoms with Crippen LogP contribution in [0.3, 0.4) is 0 Å². The Labute approximate surface area is 103 Å². The number of nitrogens with two attached hydrogens (primary N) is 1. The van der Waals surface area contributed by atoms with E-state index in [4.69, 9.17) is 10.5 Å². The molecule has 2 aliphatic carbocycles. The summed E-state index contributed by atoms with van der Waals surface area (Å²) in [6.45, 7) is 0. The lowest BCUT2D eigenvalue weighted by atomic mass is 9.81. The van der Waals surface area contributed by atoms with Crippen LogP contribution in [0.1, 0.15) is 37.7 Å². The van der Waals surface area contributed by atoms with Crippen molar-refractivity contribution in [3.8, 4) is 5.75 Å². The van der Waals surface area contributed by atoms with Gasteiger partial charge in [-0.25, -0.2) is 0 Å². The molecule has 2 N–H and O–H groups in total. The largest absolute Gasteiger partial charge is 0.497 e. The van der Waals surface area contributed by atoms with Crippen molar-refractivity contribution in [2.45, 2.75) is 43.6 Å². The molecule has 17 heavy (non-hydrogen) atoms. The molecule has 2 heteroatoms. The maximum atomic E-state index is 6.25. The van der Waals surface area contributed by atoms with Gasteiger partial charge in [0.1, 0.15) is 5.75 Å². The third-order valence-corrected chi connectivity index (χ3v) is 4.77. The highest BCUT2D eigenvalue weighted by Crippen LogP contribution is 2.57. The van der Waals surface area contributed by atoms with Gasteiger partial charge < -0.3 is 10.5 Å². The molecule has 0 bridgehead atoms. The lowest BCUT2D eigenvalue weighted by Gasteiger charge is -2.24. The van der Waals surface area contributed by atoms with Gasteiger partial charge in [0.05, 0.1) is 7.11 Å². The van der Waals surface area contributed by atoms with Crippen LogP contribution in [-0.4, -0.2) is 13.2 Å². The second-order valence-electron chi connectivity index (χ2n) is 5.56. The number of methoxy groups -OCH3 is 1. The zero-order chi connectivity index (χ0) is 11.9. The fourth-order valence-corrected chi connectivity index (χ4v) is 3.68. The van der Waals surface area contributed by atoms with Crippen molar-refractivity contribution in [3.05, 3.63) is 29.8 Å². The van der Waals surface area contributed by atoms with Gasteiger partial charge in [-0.3, -0.25) is 0 Å². The number of ether oxygens (including phenoxy) is 1. The molecule has 1 aromatic rings. The van der Waals surface area contributed by atoms with Crippen molar-refractivity contribution in [1.29, 1.82) is 0 Å². The van der Waals surface area contributed by atoms with Crippen molar-refractivity contribution >= 4 is 0 Å². The molecule has 2 aliphatic rings. The Morgan fingerprint density at radius 1 is 1.18 bits per heavy atom. The Morgan fingerprint density at radius 2 is 1.76 bits per heavy atom. The van der Waals surface area contributed by atoms with E-state index in [1.165, 1.54) is 37.7 Å².